The average molecular weight is 291 g/mol. The number of hydrogen-bond acceptors (Lipinski definition) is 2. The molecule has 0 unspecified atom stereocenters. The molecular weight excluding hydrogens is 275 g/mol. The van der Waals surface area contributed by atoms with Crippen LogP contribution in [0.4, 0.5) is 13.2 Å². The molecule has 0 atom stereocenters. The van der Waals surface area contributed by atoms with Crippen LogP contribution >= 0.6 is 11.3 Å². The number of aryl methyl sites for hydroxylation is 1. The summed E-state index contributed by atoms with van der Waals surface area (Å²) in [6, 6.07) is 1.73. The summed E-state index contributed by atoms with van der Waals surface area (Å²) in [4.78, 5) is 12.6. The Morgan fingerprint density at radius 3 is 2.42 bits per heavy atom. The first kappa shape index (κ1) is 14.4. The van der Waals surface area contributed by atoms with Crippen LogP contribution in [0.2, 0.25) is 0 Å². The molecule has 1 aliphatic rings. The van der Waals surface area contributed by atoms with Crippen LogP contribution < -0.4 is 5.32 Å². The number of rotatable bonds is 2. The first-order chi connectivity index (χ1) is 8.88. The van der Waals surface area contributed by atoms with Crippen LogP contribution in [-0.4, -0.2) is 18.1 Å². The zero-order chi connectivity index (χ0) is 14.0. The van der Waals surface area contributed by atoms with Crippen LogP contribution in [0.5, 0.6) is 0 Å². The van der Waals surface area contributed by atoms with Gasteiger partial charge in [0.1, 0.15) is 0 Å². The maximum absolute atomic E-state index is 12.5. The van der Waals surface area contributed by atoms with Gasteiger partial charge in [0.2, 0.25) is 0 Å². The van der Waals surface area contributed by atoms with Gasteiger partial charge in [0.05, 0.1) is 10.8 Å². The molecule has 0 aliphatic heterocycles. The summed E-state index contributed by atoms with van der Waals surface area (Å²) < 4.78 is 37.6. The molecule has 1 fully saturated rings. The number of carbonyl (C=O) groups is 1. The number of amides is 1. The van der Waals surface area contributed by atoms with Crippen LogP contribution in [0.15, 0.2) is 11.4 Å². The highest BCUT2D eigenvalue weighted by Crippen LogP contribution is 2.37. The van der Waals surface area contributed by atoms with Crippen molar-refractivity contribution in [1.29, 1.82) is 0 Å². The molecule has 1 aromatic heterocycles. The van der Waals surface area contributed by atoms with E-state index in [2.05, 4.69) is 5.32 Å². The van der Waals surface area contributed by atoms with Gasteiger partial charge in [-0.1, -0.05) is 0 Å². The minimum atomic E-state index is -4.10. The van der Waals surface area contributed by atoms with Crippen molar-refractivity contribution in [2.45, 2.75) is 44.8 Å². The maximum atomic E-state index is 12.5. The number of hydrogen-bond donors (Lipinski definition) is 1. The number of carbonyl (C=O) groups excluding carboxylic acids is 1. The molecule has 0 spiro atoms. The van der Waals surface area contributed by atoms with Crippen LogP contribution in [0.3, 0.4) is 0 Å². The zero-order valence-electron chi connectivity index (χ0n) is 10.6. The SMILES string of the molecule is Cc1ccsc1C(=O)NC1CCC(C(F)(F)F)CC1. The second-order valence-corrected chi connectivity index (χ2v) is 5.91. The Hall–Kier alpha value is -1.04. The van der Waals surface area contributed by atoms with Crippen molar-refractivity contribution in [3.8, 4) is 0 Å². The Morgan fingerprint density at radius 1 is 1.32 bits per heavy atom. The van der Waals surface area contributed by atoms with Crippen LogP contribution in [-0.2, 0) is 0 Å². The summed E-state index contributed by atoms with van der Waals surface area (Å²) in [6.07, 6.45) is -3.07. The molecule has 0 radical (unpaired) electrons. The van der Waals surface area contributed by atoms with Gasteiger partial charge in [-0.05, 0) is 49.6 Å². The monoisotopic (exact) mass is 291 g/mol. The number of halogens is 3. The highest BCUT2D eigenvalue weighted by atomic mass is 32.1. The van der Waals surface area contributed by atoms with E-state index in [0.717, 1.165) is 5.56 Å². The summed E-state index contributed by atoms with van der Waals surface area (Å²) in [5.41, 5.74) is 0.909. The van der Waals surface area contributed by atoms with Crippen molar-refractivity contribution in [2.75, 3.05) is 0 Å². The van der Waals surface area contributed by atoms with E-state index in [1.807, 2.05) is 18.4 Å². The summed E-state index contributed by atoms with van der Waals surface area (Å²) in [5, 5.41) is 4.68. The van der Waals surface area contributed by atoms with E-state index in [9.17, 15) is 18.0 Å². The Bertz CT molecular complexity index is 447. The third-order valence-corrected chi connectivity index (χ3v) is 4.61. The van der Waals surface area contributed by atoms with Gasteiger partial charge in [0, 0.05) is 6.04 Å². The second kappa shape index (κ2) is 5.53. The van der Waals surface area contributed by atoms with E-state index in [4.69, 9.17) is 0 Å². The standard InChI is InChI=1S/C13H16F3NOS/c1-8-6-7-19-11(8)12(18)17-10-4-2-9(3-5-10)13(14,15)16/h6-7,9-10H,2-5H2,1H3,(H,17,18). The normalized spacial score (nSPS) is 24.2. The molecule has 0 saturated heterocycles. The first-order valence-electron chi connectivity index (χ1n) is 6.29. The van der Waals surface area contributed by atoms with Crippen LogP contribution in [0, 0.1) is 12.8 Å². The van der Waals surface area contributed by atoms with Gasteiger partial charge in [0.25, 0.3) is 5.91 Å². The quantitative estimate of drug-likeness (QED) is 0.879. The summed E-state index contributed by atoms with van der Waals surface area (Å²) in [5.74, 6) is -1.37. The molecule has 0 aromatic carbocycles. The minimum Gasteiger partial charge on any atom is -0.349 e. The molecule has 2 nitrogen and oxygen atoms in total. The predicted octanol–water partition coefficient (Wildman–Crippen LogP) is 3.91. The number of alkyl halides is 3. The summed E-state index contributed by atoms with van der Waals surface area (Å²) in [6.45, 7) is 1.85. The van der Waals surface area contributed by atoms with Crippen molar-refractivity contribution in [1.82, 2.24) is 5.32 Å². The van der Waals surface area contributed by atoms with Crippen molar-refractivity contribution < 1.29 is 18.0 Å². The van der Waals surface area contributed by atoms with Gasteiger partial charge in [0.15, 0.2) is 0 Å². The Morgan fingerprint density at radius 2 is 1.95 bits per heavy atom. The van der Waals surface area contributed by atoms with E-state index in [0.29, 0.717) is 17.7 Å². The van der Waals surface area contributed by atoms with Crippen LogP contribution in [0.1, 0.15) is 40.9 Å². The molecule has 1 aliphatic carbocycles. The van der Waals surface area contributed by atoms with Crippen molar-refractivity contribution in [3.05, 3.63) is 21.9 Å². The largest absolute Gasteiger partial charge is 0.391 e. The molecule has 2 rings (SSSR count). The average Bonchev–Trinajstić information content (AvgIpc) is 2.75. The third kappa shape index (κ3) is 3.49. The molecule has 1 saturated carbocycles. The fourth-order valence-corrected chi connectivity index (χ4v) is 3.25. The van der Waals surface area contributed by atoms with Crippen molar-refractivity contribution in [2.24, 2.45) is 5.92 Å². The fourth-order valence-electron chi connectivity index (χ4n) is 2.42. The smallest absolute Gasteiger partial charge is 0.349 e. The topological polar surface area (TPSA) is 29.1 Å². The van der Waals surface area contributed by atoms with Gasteiger partial charge in [-0.3, -0.25) is 4.79 Å². The zero-order valence-corrected chi connectivity index (χ0v) is 11.4. The van der Waals surface area contributed by atoms with Crippen LogP contribution in [0.25, 0.3) is 0 Å². The number of nitrogens with one attached hydrogen (secondary N) is 1. The maximum Gasteiger partial charge on any atom is 0.391 e. The predicted molar refractivity (Wildman–Crippen MR) is 68.3 cm³/mol. The van der Waals surface area contributed by atoms with E-state index >= 15 is 0 Å². The van der Waals surface area contributed by atoms with Crippen molar-refractivity contribution >= 4 is 17.2 Å². The van der Waals surface area contributed by atoms with E-state index < -0.39 is 12.1 Å². The minimum absolute atomic E-state index is 0.109. The molecular formula is C13H16F3NOS. The van der Waals surface area contributed by atoms with Gasteiger partial charge < -0.3 is 5.32 Å². The van der Waals surface area contributed by atoms with E-state index in [-0.39, 0.29) is 24.8 Å². The lowest BCUT2D eigenvalue weighted by Gasteiger charge is -2.30. The second-order valence-electron chi connectivity index (χ2n) is 5.00. The Balaban J connectivity index is 1.86. The molecule has 1 N–H and O–H groups in total. The van der Waals surface area contributed by atoms with Gasteiger partial charge in [-0.25, -0.2) is 0 Å². The van der Waals surface area contributed by atoms with Gasteiger partial charge >= 0.3 is 6.18 Å². The van der Waals surface area contributed by atoms with Gasteiger partial charge in [-0.2, -0.15) is 13.2 Å². The van der Waals surface area contributed by atoms with E-state index in [1.54, 1.807) is 0 Å². The molecule has 1 aromatic rings. The lowest BCUT2D eigenvalue weighted by Crippen LogP contribution is -2.39. The fraction of sp³-hybridized carbons (Fsp3) is 0.615. The lowest BCUT2D eigenvalue weighted by atomic mass is 9.85. The summed E-state index contributed by atoms with van der Waals surface area (Å²) in [7, 11) is 0. The Kier molecular flexibility index (Phi) is 4.18. The van der Waals surface area contributed by atoms with E-state index in [1.165, 1.54) is 11.3 Å². The molecule has 19 heavy (non-hydrogen) atoms. The first-order valence-corrected chi connectivity index (χ1v) is 7.17. The molecule has 0 bridgehead atoms. The van der Waals surface area contributed by atoms with Crippen molar-refractivity contribution in [3.63, 3.8) is 0 Å². The molecule has 6 heteroatoms. The van der Waals surface area contributed by atoms with Gasteiger partial charge in [-0.15, -0.1) is 11.3 Å². The third-order valence-electron chi connectivity index (χ3n) is 3.59. The lowest BCUT2D eigenvalue weighted by molar-refractivity contribution is -0.182. The highest BCUT2D eigenvalue weighted by Gasteiger charge is 2.41. The Labute approximate surface area is 114 Å². The summed E-state index contributed by atoms with van der Waals surface area (Å²) >= 11 is 1.36. The molecule has 106 valence electrons. The number of thiophene rings is 1. The molecule has 1 heterocycles. The highest BCUT2D eigenvalue weighted by molar-refractivity contribution is 7.12. The molecule has 1 amide bonds.